The maximum Gasteiger partial charge on any atom is 0.204 e. The van der Waals surface area contributed by atoms with E-state index in [9.17, 15) is 0 Å². The second kappa shape index (κ2) is 7.60. The summed E-state index contributed by atoms with van der Waals surface area (Å²) in [4.78, 5) is 0. The molecule has 0 saturated heterocycles. The van der Waals surface area contributed by atoms with Crippen LogP contribution in [0, 0.1) is 5.92 Å². The summed E-state index contributed by atoms with van der Waals surface area (Å²) in [6.07, 6.45) is 8.31. The second-order valence-corrected chi connectivity index (χ2v) is 5.09. The van der Waals surface area contributed by atoms with E-state index < -0.39 is 0 Å². The van der Waals surface area contributed by atoms with E-state index in [1.807, 2.05) is 24.7 Å². The van der Waals surface area contributed by atoms with Crippen LogP contribution in [0.2, 0.25) is 0 Å². The summed E-state index contributed by atoms with van der Waals surface area (Å²) >= 11 is 0. The fraction of sp³-hybridized carbons (Fsp3) is 0.857. The number of rotatable bonds is 8. The zero-order valence-electron chi connectivity index (χ0n) is 12.0. The van der Waals surface area contributed by atoms with E-state index >= 15 is 0 Å². The molecule has 5 heteroatoms. The lowest BCUT2D eigenvalue weighted by atomic mass is 10.0. The fourth-order valence-corrected chi connectivity index (χ4v) is 2.67. The van der Waals surface area contributed by atoms with Crippen molar-refractivity contribution >= 4 is 0 Å². The van der Waals surface area contributed by atoms with Crippen molar-refractivity contribution in [1.82, 2.24) is 15.0 Å². The van der Waals surface area contributed by atoms with Crippen molar-refractivity contribution in [3.63, 3.8) is 0 Å². The van der Waals surface area contributed by atoms with Crippen LogP contribution in [0.5, 0.6) is 0 Å². The van der Waals surface area contributed by atoms with Gasteiger partial charge in [-0.15, -0.1) is 5.10 Å². The van der Waals surface area contributed by atoms with Crippen LogP contribution >= 0.6 is 0 Å². The molecule has 5 nitrogen and oxygen atoms in total. The summed E-state index contributed by atoms with van der Waals surface area (Å²) in [5, 5.41) is 8.33. The van der Waals surface area contributed by atoms with Crippen LogP contribution in [-0.4, -0.2) is 28.2 Å². The molecule has 1 aliphatic carbocycles. The molecule has 0 amide bonds. The highest BCUT2D eigenvalue weighted by atomic mass is 16.7. The van der Waals surface area contributed by atoms with Crippen LogP contribution in [-0.2, 0) is 16.0 Å². The monoisotopic (exact) mass is 267 g/mol. The molecule has 1 fully saturated rings. The lowest BCUT2D eigenvalue weighted by molar-refractivity contribution is -0.142. The molecule has 1 aliphatic rings. The Morgan fingerprint density at radius 1 is 1.26 bits per heavy atom. The van der Waals surface area contributed by atoms with Crippen LogP contribution < -0.4 is 0 Å². The summed E-state index contributed by atoms with van der Waals surface area (Å²) in [5.74, 6) is 0.877. The van der Waals surface area contributed by atoms with Gasteiger partial charge in [0.2, 0.25) is 6.29 Å². The molecule has 0 aromatic carbocycles. The zero-order chi connectivity index (χ0) is 13.5. The minimum atomic E-state index is -0.379. The molecule has 0 N–H and O–H groups in total. The van der Waals surface area contributed by atoms with Crippen molar-refractivity contribution in [2.75, 3.05) is 13.2 Å². The number of hydrogen-bond acceptors (Lipinski definition) is 4. The molecule has 1 saturated carbocycles. The van der Waals surface area contributed by atoms with Gasteiger partial charge in [0.1, 0.15) is 5.69 Å². The van der Waals surface area contributed by atoms with Gasteiger partial charge in [-0.25, -0.2) is 0 Å². The van der Waals surface area contributed by atoms with E-state index in [0.29, 0.717) is 13.2 Å². The summed E-state index contributed by atoms with van der Waals surface area (Å²) < 4.78 is 13.0. The predicted molar refractivity (Wildman–Crippen MR) is 72.6 cm³/mol. The fourth-order valence-electron chi connectivity index (χ4n) is 2.67. The van der Waals surface area contributed by atoms with Gasteiger partial charge in [0.25, 0.3) is 0 Å². The van der Waals surface area contributed by atoms with Crippen LogP contribution in [0.25, 0.3) is 0 Å². The Morgan fingerprint density at radius 3 is 2.58 bits per heavy atom. The summed E-state index contributed by atoms with van der Waals surface area (Å²) in [5.41, 5.74) is 0.773. The van der Waals surface area contributed by atoms with Gasteiger partial charge in [-0.1, -0.05) is 30.9 Å². The van der Waals surface area contributed by atoms with Gasteiger partial charge in [-0.2, -0.15) is 0 Å². The van der Waals surface area contributed by atoms with E-state index in [-0.39, 0.29) is 6.29 Å². The molecule has 1 heterocycles. The quantitative estimate of drug-likeness (QED) is 0.679. The van der Waals surface area contributed by atoms with E-state index in [0.717, 1.165) is 18.2 Å². The molecule has 0 unspecified atom stereocenters. The van der Waals surface area contributed by atoms with Crippen molar-refractivity contribution in [1.29, 1.82) is 0 Å². The number of aromatic nitrogens is 3. The molecule has 108 valence electrons. The zero-order valence-corrected chi connectivity index (χ0v) is 12.0. The molecule has 2 rings (SSSR count). The summed E-state index contributed by atoms with van der Waals surface area (Å²) in [6.45, 7) is 6.08. The van der Waals surface area contributed by atoms with Gasteiger partial charge in [0, 0.05) is 19.8 Å². The molecule has 1 aromatic heterocycles. The molecule has 0 atom stereocenters. The summed E-state index contributed by atoms with van der Waals surface area (Å²) in [6, 6.07) is 0. The smallest absolute Gasteiger partial charge is 0.204 e. The standard InChI is InChI=1S/C14H25N3O2/c1-3-18-14(19-4-2)13-11-17(16-15-13)10-9-12-7-5-6-8-12/h11-12,14H,3-10H2,1-2H3. The van der Waals surface area contributed by atoms with Crippen molar-refractivity contribution in [2.45, 2.75) is 58.8 Å². The molecule has 0 radical (unpaired) electrons. The van der Waals surface area contributed by atoms with Gasteiger partial charge >= 0.3 is 0 Å². The van der Waals surface area contributed by atoms with Crippen molar-refractivity contribution in [2.24, 2.45) is 5.92 Å². The number of aryl methyl sites for hydroxylation is 1. The third-order valence-corrected chi connectivity index (χ3v) is 3.68. The van der Waals surface area contributed by atoms with Crippen molar-refractivity contribution < 1.29 is 9.47 Å². The lowest BCUT2D eigenvalue weighted by Crippen LogP contribution is -2.09. The van der Waals surface area contributed by atoms with Crippen LogP contribution in [0.3, 0.4) is 0 Å². The largest absolute Gasteiger partial charge is 0.347 e. The number of hydrogen-bond donors (Lipinski definition) is 0. The Labute approximate surface area is 115 Å². The highest BCUT2D eigenvalue weighted by Crippen LogP contribution is 2.27. The first-order chi connectivity index (χ1) is 9.33. The molecule has 1 aromatic rings. The van der Waals surface area contributed by atoms with Gasteiger partial charge in [-0.3, -0.25) is 4.68 Å². The lowest BCUT2D eigenvalue weighted by Gasteiger charge is -2.13. The van der Waals surface area contributed by atoms with E-state index in [1.165, 1.54) is 32.1 Å². The van der Waals surface area contributed by atoms with Gasteiger partial charge in [0.15, 0.2) is 0 Å². The topological polar surface area (TPSA) is 49.2 Å². The Morgan fingerprint density at radius 2 is 1.95 bits per heavy atom. The third kappa shape index (κ3) is 4.28. The molecule has 0 spiro atoms. The minimum Gasteiger partial charge on any atom is -0.347 e. The maximum atomic E-state index is 5.52. The average Bonchev–Trinajstić information content (AvgIpc) is 3.07. The molecule has 19 heavy (non-hydrogen) atoms. The highest BCUT2D eigenvalue weighted by Gasteiger charge is 2.17. The van der Waals surface area contributed by atoms with E-state index in [2.05, 4.69) is 10.3 Å². The normalized spacial score (nSPS) is 16.6. The van der Waals surface area contributed by atoms with Crippen molar-refractivity contribution in [3.8, 4) is 0 Å². The van der Waals surface area contributed by atoms with Gasteiger partial charge in [-0.05, 0) is 26.2 Å². The second-order valence-electron chi connectivity index (χ2n) is 5.09. The van der Waals surface area contributed by atoms with Crippen LogP contribution in [0.1, 0.15) is 57.9 Å². The minimum absolute atomic E-state index is 0.379. The van der Waals surface area contributed by atoms with Crippen LogP contribution in [0.15, 0.2) is 6.20 Å². The molecular formula is C14H25N3O2. The van der Waals surface area contributed by atoms with Crippen LogP contribution in [0.4, 0.5) is 0 Å². The van der Waals surface area contributed by atoms with Gasteiger partial charge in [0.05, 0.1) is 6.20 Å². The Bertz CT molecular complexity index is 355. The van der Waals surface area contributed by atoms with Crippen molar-refractivity contribution in [3.05, 3.63) is 11.9 Å². The Kier molecular flexibility index (Phi) is 5.79. The molecule has 0 aliphatic heterocycles. The average molecular weight is 267 g/mol. The predicted octanol–water partition coefficient (Wildman–Crippen LogP) is 2.93. The SMILES string of the molecule is CCOC(OCC)c1cn(CCC2CCCC2)nn1. The van der Waals surface area contributed by atoms with E-state index in [4.69, 9.17) is 9.47 Å². The first-order valence-electron chi connectivity index (χ1n) is 7.46. The highest BCUT2D eigenvalue weighted by molar-refractivity contribution is 4.94. The Hall–Kier alpha value is -0.940. The number of ether oxygens (including phenoxy) is 2. The number of nitrogens with zero attached hydrogens (tertiary/aromatic N) is 3. The first kappa shape index (κ1) is 14.5. The third-order valence-electron chi connectivity index (χ3n) is 3.68. The molecular weight excluding hydrogens is 242 g/mol. The van der Waals surface area contributed by atoms with Gasteiger partial charge < -0.3 is 9.47 Å². The van der Waals surface area contributed by atoms with E-state index in [1.54, 1.807) is 0 Å². The maximum absolute atomic E-state index is 5.52. The summed E-state index contributed by atoms with van der Waals surface area (Å²) in [7, 11) is 0. The Balaban J connectivity index is 1.85. The first-order valence-corrected chi connectivity index (χ1v) is 7.46. The molecule has 0 bridgehead atoms.